The third-order valence-electron chi connectivity index (χ3n) is 6.07. The van der Waals surface area contributed by atoms with Crippen LogP contribution in [0.4, 0.5) is 11.6 Å². The summed E-state index contributed by atoms with van der Waals surface area (Å²) < 4.78 is 10.5. The highest BCUT2D eigenvalue weighted by molar-refractivity contribution is 6.29. The molecule has 6 heterocycles. The Morgan fingerprint density at radius 1 is 0.976 bits per heavy atom. The number of nitrogens with zero attached hydrogens (tertiary/aromatic N) is 6. The van der Waals surface area contributed by atoms with Gasteiger partial charge in [0.25, 0.3) is 5.89 Å². The summed E-state index contributed by atoms with van der Waals surface area (Å²) in [5.41, 5.74) is 2.84. The molecule has 0 saturated heterocycles. The van der Waals surface area contributed by atoms with Crippen LogP contribution in [0.5, 0.6) is 0 Å². The molecule has 0 unspecified atom stereocenters. The van der Waals surface area contributed by atoms with Crippen LogP contribution in [0.1, 0.15) is 18.0 Å². The molecule has 15 heteroatoms. The molecule has 0 radical (unpaired) electrons. The van der Waals surface area contributed by atoms with Crippen molar-refractivity contribution >= 4 is 62.7 Å². The van der Waals surface area contributed by atoms with Gasteiger partial charge in [-0.15, -0.1) is 0 Å². The molecular weight excluding hydrogens is 583 g/mol. The maximum absolute atomic E-state index is 11.3. The third-order valence-corrected chi connectivity index (χ3v) is 6.41. The van der Waals surface area contributed by atoms with Gasteiger partial charge >= 0.3 is 0 Å². The number of carbonyl (C=O) groups excluding carboxylic acids is 1. The molecule has 13 nitrogen and oxygen atoms in total. The number of fused-ring (bicyclic) bond motifs is 2. The lowest BCUT2D eigenvalue weighted by molar-refractivity contribution is -0.113. The fourth-order valence-corrected chi connectivity index (χ4v) is 4.55. The van der Waals surface area contributed by atoms with E-state index in [1.165, 1.54) is 0 Å². The maximum atomic E-state index is 11.3. The first kappa shape index (κ1) is 27.2. The second-order valence-corrected chi connectivity index (χ2v) is 9.77. The van der Waals surface area contributed by atoms with Gasteiger partial charge in [0.1, 0.15) is 34.4 Å². The van der Waals surface area contributed by atoms with Gasteiger partial charge in [0, 0.05) is 19.2 Å². The van der Waals surface area contributed by atoms with Gasteiger partial charge in [-0.25, -0.2) is 9.97 Å². The first-order chi connectivity index (χ1) is 20.4. The number of anilines is 2. The first-order valence-electron chi connectivity index (χ1n) is 12.7. The Labute approximate surface area is 247 Å². The van der Waals surface area contributed by atoms with E-state index in [0.29, 0.717) is 59.8 Å². The van der Waals surface area contributed by atoms with Crippen molar-refractivity contribution in [1.82, 2.24) is 40.0 Å². The number of carbonyl (C=O) groups is 1. The van der Waals surface area contributed by atoms with Crippen LogP contribution in [0.15, 0.2) is 69.5 Å². The molecule has 0 aromatic carbocycles. The third kappa shape index (κ3) is 6.16. The SMILES string of the molecule is Cc1noc(-c2cc3c(NCc4ccco4)nc(Cl)nc3[nH]2)n1.O=C1C=C(CNc2nc(Cl)nc3[nH]ccc23)C=CC1. The highest BCUT2D eigenvalue weighted by atomic mass is 35.5. The summed E-state index contributed by atoms with van der Waals surface area (Å²) in [5, 5.41) is 12.1. The van der Waals surface area contributed by atoms with Crippen molar-refractivity contribution in [1.29, 1.82) is 0 Å². The summed E-state index contributed by atoms with van der Waals surface area (Å²) in [5.74, 6) is 3.09. The van der Waals surface area contributed by atoms with Crippen molar-refractivity contribution in [3.63, 3.8) is 0 Å². The number of nitrogens with one attached hydrogen (secondary N) is 4. The number of hydrogen-bond donors (Lipinski definition) is 4. The minimum Gasteiger partial charge on any atom is -0.467 e. The van der Waals surface area contributed by atoms with E-state index in [0.717, 1.165) is 22.1 Å². The second-order valence-electron chi connectivity index (χ2n) is 9.09. The standard InChI is InChI=1S/C14H11ClN6O2.C13H11ClN4O/c1-7-17-13(23-21-7)10-5-9-11(16-6-8-3-2-4-22-8)19-14(15)20-12(9)18-10;14-13-17-11-10(4-5-15-11)12(18-13)16-7-8-2-1-3-9(19)6-8/h2-5H,6H2,1H3,(H2,16,18,19,20);1-2,4-6H,3,7H2,(H2,15,16,17,18). The maximum Gasteiger partial charge on any atom is 0.274 e. The first-order valence-corrected chi connectivity index (χ1v) is 13.4. The van der Waals surface area contributed by atoms with E-state index in [1.807, 2.05) is 36.4 Å². The van der Waals surface area contributed by atoms with E-state index in [-0.39, 0.29) is 16.4 Å². The number of aromatic nitrogens is 8. The highest BCUT2D eigenvalue weighted by Gasteiger charge is 2.15. The van der Waals surface area contributed by atoms with Gasteiger partial charge in [0.05, 0.1) is 23.6 Å². The summed E-state index contributed by atoms with van der Waals surface area (Å²) in [7, 11) is 0. The second kappa shape index (κ2) is 11.8. The van der Waals surface area contributed by atoms with E-state index in [4.69, 9.17) is 32.1 Å². The van der Waals surface area contributed by atoms with E-state index in [1.54, 1.807) is 25.5 Å². The van der Waals surface area contributed by atoms with Crippen LogP contribution in [-0.2, 0) is 11.3 Å². The lowest BCUT2D eigenvalue weighted by atomic mass is 10.1. The van der Waals surface area contributed by atoms with Crippen LogP contribution in [0.3, 0.4) is 0 Å². The predicted molar refractivity (Wildman–Crippen MR) is 157 cm³/mol. The minimum atomic E-state index is 0.117. The Bertz CT molecular complexity index is 1940. The van der Waals surface area contributed by atoms with E-state index in [9.17, 15) is 4.79 Å². The van der Waals surface area contributed by atoms with Crippen LogP contribution < -0.4 is 10.6 Å². The number of furan rings is 1. The summed E-state index contributed by atoms with van der Waals surface area (Å²) in [6.45, 7) is 2.76. The predicted octanol–water partition coefficient (Wildman–Crippen LogP) is 5.65. The minimum absolute atomic E-state index is 0.117. The zero-order valence-corrected chi connectivity index (χ0v) is 23.5. The zero-order chi connectivity index (χ0) is 29.1. The van der Waals surface area contributed by atoms with Crippen LogP contribution in [-0.4, -0.2) is 52.4 Å². The van der Waals surface area contributed by atoms with Crippen molar-refractivity contribution in [2.75, 3.05) is 17.2 Å². The van der Waals surface area contributed by atoms with Crippen LogP contribution >= 0.6 is 23.2 Å². The average Bonchev–Trinajstić information content (AvgIpc) is 3.78. The normalized spacial score (nSPS) is 12.8. The molecule has 0 aliphatic heterocycles. The summed E-state index contributed by atoms with van der Waals surface area (Å²) in [4.78, 5) is 38.2. The van der Waals surface area contributed by atoms with Crippen molar-refractivity contribution < 1.29 is 13.7 Å². The molecule has 6 aromatic heterocycles. The molecule has 4 N–H and O–H groups in total. The van der Waals surface area contributed by atoms with Gasteiger partial charge in [-0.2, -0.15) is 15.0 Å². The van der Waals surface area contributed by atoms with Crippen LogP contribution in [0, 0.1) is 6.92 Å². The number of aromatic amines is 2. The largest absolute Gasteiger partial charge is 0.467 e. The Morgan fingerprint density at radius 2 is 1.76 bits per heavy atom. The smallest absolute Gasteiger partial charge is 0.274 e. The molecule has 0 saturated carbocycles. The summed E-state index contributed by atoms with van der Waals surface area (Å²) >= 11 is 11.8. The van der Waals surface area contributed by atoms with Crippen LogP contribution in [0.25, 0.3) is 33.7 Å². The molecule has 6 aromatic rings. The van der Waals surface area contributed by atoms with Gasteiger partial charge in [-0.1, -0.05) is 17.3 Å². The van der Waals surface area contributed by atoms with Crippen LogP contribution in [0.2, 0.25) is 10.6 Å². The quantitative estimate of drug-likeness (QED) is 0.165. The molecule has 7 rings (SSSR count). The van der Waals surface area contributed by atoms with Gasteiger partial charge in [-0.3, -0.25) is 4.79 Å². The Balaban J connectivity index is 0.000000153. The molecule has 212 valence electrons. The number of allylic oxidation sites excluding steroid dienone is 2. The molecule has 0 atom stereocenters. The Kier molecular flexibility index (Phi) is 7.66. The molecule has 42 heavy (non-hydrogen) atoms. The summed E-state index contributed by atoms with van der Waals surface area (Å²) in [6.07, 6.45) is 9.31. The number of hydrogen-bond acceptors (Lipinski definition) is 11. The Morgan fingerprint density at radius 3 is 2.50 bits per heavy atom. The van der Waals surface area contributed by atoms with Gasteiger partial charge < -0.3 is 29.5 Å². The molecule has 1 aliphatic carbocycles. The van der Waals surface area contributed by atoms with E-state index >= 15 is 0 Å². The number of aryl methyl sites for hydroxylation is 1. The topological polar surface area (TPSA) is 176 Å². The van der Waals surface area contributed by atoms with Gasteiger partial charge in [0.2, 0.25) is 10.6 Å². The van der Waals surface area contributed by atoms with E-state index in [2.05, 4.69) is 50.7 Å². The lowest BCUT2D eigenvalue weighted by Crippen LogP contribution is -2.09. The van der Waals surface area contributed by atoms with Crippen molar-refractivity contribution in [2.45, 2.75) is 19.9 Å². The summed E-state index contributed by atoms with van der Waals surface area (Å²) in [6, 6.07) is 7.41. The fraction of sp³-hybridized carbons (Fsp3) is 0.148. The Hall–Kier alpha value is -5.01. The van der Waals surface area contributed by atoms with Crippen molar-refractivity contribution in [3.8, 4) is 11.6 Å². The average molecular weight is 605 g/mol. The van der Waals surface area contributed by atoms with Crippen molar-refractivity contribution in [3.05, 3.63) is 82.7 Å². The van der Waals surface area contributed by atoms with Gasteiger partial charge in [-0.05, 0) is 66.0 Å². The number of rotatable bonds is 7. The lowest BCUT2D eigenvalue weighted by Gasteiger charge is -2.09. The van der Waals surface area contributed by atoms with Crippen molar-refractivity contribution in [2.24, 2.45) is 0 Å². The number of H-pyrrole nitrogens is 2. The van der Waals surface area contributed by atoms with Gasteiger partial charge in [0.15, 0.2) is 11.6 Å². The zero-order valence-electron chi connectivity index (χ0n) is 22.0. The van der Waals surface area contributed by atoms with E-state index < -0.39 is 0 Å². The highest BCUT2D eigenvalue weighted by Crippen LogP contribution is 2.28. The molecule has 0 bridgehead atoms. The molecule has 0 fully saturated rings. The molecule has 0 spiro atoms. The molecule has 1 aliphatic rings. The number of ketones is 1. The molecular formula is C27H22Cl2N10O3. The number of halogens is 2. The monoisotopic (exact) mass is 604 g/mol. The molecule has 0 amide bonds. The fourth-order valence-electron chi connectivity index (χ4n) is 4.21.